The van der Waals surface area contributed by atoms with Crippen LogP contribution in [0.15, 0.2) is 57.9 Å². The number of carbonyl (C=O) groups excluding carboxylic acids is 1. The number of rotatable bonds is 7. The van der Waals surface area contributed by atoms with Gasteiger partial charge in [-0.05, 0) is 36.4 Å². The van der Waals surface area contributed by atoms with Gasteiger partial charge < -0.3 is 9.42 Å². The van der Waals surface area contributed by atoms with Crippen molar-refractivity contribution in [1.82, 2.24) is 19.3 Å². The van der Waals surface area contributed by atoms with E-state index in [-0.39, 0.29) is 23.9 Å². The molecule has 30 heavy (non-hydrogen) atoms. The van der Waals surface area contributed by atoms with Gasteiger partial charge in [-0.1, -0.05) is 40.5 Å². The van der Waals surface area contributed by atoms with Crippen LogP contribution in [0.2, 0.25) is 10.0 Å². The molecule has 0 radical (unpaired) electrons. The lowest BCUT2D eigenvalue weighted by Crippen LogP contribution is -2.39. The third-order valence-corrected chi connectivity index (χ3v) is 6.66. The predicted molar refractivity (Wildman–Crippen MR) is 112 cm³/mol. The minimum absolute atomic E-state index is 0.0190. The fourth-order valence-corrected chi connectivity index (χ4v) is 4.01. The quantitative estimate of drug-likeness (QED) is 0.527. The van der Waals surface area contributed by atoms with Gasteiger partial charge in [0.15, 0.2) is 0 Å². The SMILES string of the molecule is CN(Cc1nc(-c2ccccc2Cl)no1)C(=O)CN(C)S(=O)(=O)c1ccc(Cl)cc1. The topological polar surface area (TPSA) is 96.6 Å². The lowest BCUT2D eigenvalue weighted by molar-refractivity contribution is -0.130. The molecule has 0 aliphatic carbocycles. The predicted octanol–water partition coefficient (Wildman–Crippen LogP) is 3.32. The number of amides is 1. The summed E-state index contributed by atoms with van der Waals surface area (Å²) in [5.74, 6) is 0.0652. The average molecular weight is 469 g/mol. The number of halogens is 2. The fraction of sp³-hybridized carbons (Fsp3) is 0.211. The van der Waals surface area contributed by atoms with Crippen molar-refractivity contribution in [2.45, 2.75) is 11.4 Å². The van der Waals surface area contributed by atoms with Crippen molar-refractivity contribution in [1.29, 1.82) is 0 Å². The Morgan fingerprint density at radius 1 is 1.07 bits per heavy atom. The van der Waals surface area contributed by atoms with Gasteiger partial charge in [-0.25, -0.2) is 8.42 Å². The maximum Gasteiger partial charge on any atom is 0.246 e. The van der Waals surface area contributed by atoms with E-state index in [1.165, 1.54) is 43.3 Å². The van der Waals surface area contributed by atoms with Crippen LogP contribution in [-0.2, 0) is 21.4 Å². The maximum absolute atomic E-state index is 12.6. The largest absolute Gasteiger partial charge is 0.337 e. The van der Waals surface area contributed by atoms with E-state index in [1.807, 2.05) is 0 Å². The van der Waals surface area contributed by atoms with E-state index >= 15 is 0 Å². The van der Waals surface area contributed by atoms with Gasteiger partial charge in [0.2, 0.25) is 27.6 Å². The van der Waals surface area contributed by atoms with Crippen LogP contribution in [0.1, 0.15) is 5.89 Å². The molecule has 0 aliphatic heterocycles. The third-order valence-electron chi connectivity index (χ3n) is 4.26. The van der Waals surface area contributed by atoms with E-state index in [0.717, 1.165) is 4.31 Å². The number of sulfonamides is 1. The molecule has 11 heteroatoms. The zero-order valence-corrected chi connectivity index (χ0v) is 18.4. The van der Waals surface area contributed by atoms with E-state index in [4.69, 9.17) is 27.7 Å². The highest BCUT2D eigenvalue weighted by molar-refractivity contribution is 7.89. The molecule has 0 bridgehead atoms. The molecule has 8 nitrogen and oxygen atoms in total. The normalized spacial score (nSPS) is 11.6. The second kappa shape index (κ2) is 9.13. The van der Waals surface area contributed by atoms with Gasteiger partial charge in [-0.3, -0.25) is 4.79 Å². The number of carbonyl (C=O) groups is 1. The Balaban J connectivity index is 1.65. The average Bonchev–Trinajstić information content (AvgIpc) is 3.16. The summed E-state index contributed by atoms with van der Waals surface area (Å²) in [5.41, 5.74) is 0.608. The molecule has 1 amide bonds. The Morgan fingerprint density at radius 3 is 2.40 bits per heavy atom. The van der Waals surface area contributed by atoms with E-state index in [0.29, 0.717) is 21.4 Å². The molecule has 3 rings (SSSR count). The van der Waals surface area contributed by atoms with Crippen molar-refractivity contribution in [2.24, 2.45) is 0 Å². The van der Waals surface area contributed by atoms with Gasteiger partial charge in [0.1, 0.15) is 0 Å². The number of likely N-dealkylation sites (N-methyl/N-ethyl adjacent to an activating group) is 2. The second-order valence-corrected chi connectivity index (χ2v) is 9.34. The van der Waals surface area contributed by atoms with Gasteiger partial charge >= 0.3 is 0 Å². The number of hydrogen-bond donors (Lipinski definition) is 0. The lowest BCUT2D eigenvalue weighted by Gasteiger charge is -2.20. The molecule has 1 aromatic heterocycles. The third kappa shape index (κ3) is 4.99. The first-order valence-electron chi connectivity index (χ1n) is 8.72. The van der Waals surface area contributed by atoms with E-state index in [2.05, 4.69) is 10.1 Å². The molecule has 0 saturated carbocycles. The summed E-state index contributed by atoms with van der Waals surface area (Å²) >= 11 is 11.9. The van der Waals surface area contributed by atoms with Gasteiger partial charge in [0, 0.05) is 24.7 Å². The molecule has 2 aromatic carbocycles. The first kappa shape index (κ1) is 22.2. The molecule has 0 atom stereocenters. The zero-order valence-electron chi connectivity index (χ0n) is 16.1. The Bertz CT molecular complexity index is 1150. The van der Waals surface area contributed by atoms with Crippen LogP contribution >= 0.6 is 23.2 Å². The van der Waals surface area contributed by atoms with Crippen molar-refractivity contribution in [2.75, 3.05) is 20.6 Å². The highest BCUT2D eigenvalue weighted by atomic mass is 35.5. The smallest absolute Gasteiger partial charge is 0.246 e. The molecule has 0 N–H and O–H groups in total. The van der Waals surface area contributed by atoms with Crippen LogP contribution in [0.3, 0.4) is 0 Å². The van der Waals surface area contributed by atoms with Crippen LogP contribution in [0.5, 0.6) is 0 Å². The van der Waals surface area contributed by atoms with Crippen LogP contribution in [0, 0.1) is 0 Å². The highest BCUT2D eigenvalue weighted by Gasteiger charge is 2.25. The van der Waals surface area contributed by atoms with Gasteiger partial charge in [-0.15, -0.1) is 0 Å². The Morgan fingerprint density at radius 2 is 1.73 bits per heavy atom. The Hall–Kier alpha value is -2.46. The summed E-state index contributed by atoms with van der Waals surface area (Å²) in [5, 5.41) is 4.78. The summed E-state index contributed by atoms with van der Waals surface area (Å²) in [6, 6.07) is 12.8. The minimum Gasteiger partial charge on any atom is -0.337 e. The lowest BCUT2D eigenvalue weighted by atomic mass is 10.2. The second-order valence-electron chi connectivity index (χ2n) is 6.46. The Labute approximate surface area is 184 Å². The fourth-order valence-electron chi connectivity index (χ4n) is 2.54. The highest BCUT2D eigenvalue weighted by Crippen LogP contribution is 2.25. The zero-order chi connectivity index (χ0) is 21.9. The number of benzene rings is 2. The van der Waals surface area contributed by atoms with E-state index in [1.54, 1.807) is 24.3 Å². The molecule has 1 heterocycles. The van der Waals surface area contributed by atoms with E-state index in [9.17, 15) is 13.2 Å². The van der Waals surface area contributed by atoms with Crippen LogP contribution in [0.4, 0.5) is 0 Å². The van der Waals surface area contributed by atoms with Crippen molar-refractivity contribution in [3.05, 3.63) is 64.5 Å². The molecular weight excluding hydrogens is 451 g/mol. The van der Waals surface area contributed by atoms with Crippen molar-refractivity contribution in [3.8, 4) is 11.4 Å². The number of aromatic nitrogens is 2. The molecule has 0 fully saturated rings. The van der Waals surface area contributed by atoms with Gasteiger partial charge in [-0.2, -0.15) is 9.29 Å². The summed E-state index contributed by atoms with van der Waals surface area (Å²) in [4.78, 5) is 18.1. The first-order valence-corrected chi connectivity index (χ1v) is 10.9. The summed E-state index contributed by atoms with van der Waals surface area (Å²) in [6.45, 7) is -0.335. The molecule has 0 saturated heterocycles. The number of hydrogen-bond acceptors (Lipinski definition) is 6. The molecule has 3 aromatic rings. The maximum atomic E-state index is 12.6. The van der Waals surface area contributed by atoms with Crippen LogP contribution < -0.4 is 0 Å². The van der Waals surface area contributed by atoms with Crippen LogP contribution in [0.25, 0.3) is 11.4 Å². The van der Waals surface area contributed by atoms with Crippen molar-refractivity contribution in [3.63, 3.8) is 0 Å². The number of nitrogens with zero attached hydrogens (tertiary/aromatic N) is 4. The van der Waals surface area contributed by atoms with Crippen molar-refractivity contribution >= 4 is 39.1 Å². The molecule has 0 spiro atoms. The summed E-state index contributed by atoms with van der Waals surface area (Å²) in [7, 11) is -0.983. The first-order chi connectivity index (χ1) is 14.2. The summed E-state index contributed by atoms with van der Waals surface area (Å²) in [6.07, 6.45) is 0. The van der Waals surface area contributed by atoms with Crippen molar-refractivity contribution < 1.29 is 17.7 Å². The molecular formula is C19H18Cl2N4O4S. The minimum atomic E-state index is -3.83. The molecule has 158 valence electrons. The van der Waals surface area contributed by atoms with Gasteiger partial charge in [0.25, 0.3) is 0 Å². The Kier molecular flexibility index (Phi) is 6.77. The standard InChI is InChI=1S/C19H18Cl2N4O4S/c1-24(11-17-22-19(23-29-17)15-5-3-4-6-16(15)21)18(26)12-25(2)30(27,28)14-9-7-13(20)8-10-14/h3-10H,11-12H2,1-2H3. The van der Waals surface area contributed by atoms with E-state index < -0.39 is 15.9 Å². The van der Waals surface area contributed by atoms with Crippen LogP contribution in [-0.4, -0.2) is 54.3 Å². The molecule has 0 unspecified atom stereocenters. The summed E-state index contributed by atoms with van der Waals surface area (Å²) < 4.78 is 31.4. The van der Waals surface area contributed by atoms with Gasteiger partial charge in [0.05, 0.1) is 23.0 Å². The molecule has 0 aliphatic rings. The monoisotopic (exact) mass is 468 g/mol.